The van der Waals surface area contributed by atoms with Gasteiger partial charge in [0.1, 0.15) is 18.4 Å². The van der Waals surface area contributed by atoms with Crippen LogP contribution in [-0.4, -0.2) is 95.0 Å². The van der Waals surface area contributed by atoms with Crippen LogP contribution in [0.15, 0.2) is 42.5 Å². The van der Waals surface area contributed by atoms with Crippen LogP contribution in [0, 0.1) is 0 Å². The van der Waals surface area contributed by atoms with E-state index in [1.54, 1.807) is 11.0 Å². The van der Waals surface area contributed by atoms with Gasteiger partial charge in [0.2, 0.25) is 11.8 Å². The zero-order valence-electron chi connectivity index (χ0n) is 23.7. The van der Waals surface area contributed by atoms with Gasteiger partial charge in [0.15, 0.2) is 0 Å². The largest absolute Gasteiger partial charge is 0.492 e. The number of piperazine rings is 1. The summed E-state index contributed by atoms with van der Waals surface area (Å²) in [7, 11) is 0. The van der Waals surface area contributed by atoms with Crippen LogP contribution in [0.5, 0.6) is 5.75 Å². The Hall–Kier alpha value is -4.12. The number of nitrogens with zero attached hydrogens (tertiary/aromatic N) is 4. The fraction of sp³-hybridized carbons (Fsp3) is 0.484. The summed E-state index contributed by atoms with van der Waals surface area (Å²) in [5.41, 5.74) is 3.81. The molecule has 3 saturated heterocycles. The zero-order valence-corrected chi connectivity index (χ0v) is 23.7. The molecule has 2 atom stereocenters. The number of hydrogen-bond donors (Lipinski definition) is 2. The van der Waals surface area contributed by atoms with Crippen LogP contribution in [0.3, 0.4) is 0 Å². The van der Waals surface area contributed by atoms with Gasteiger partial charge in [-0.15, -0.1) is 0 Å². The summed E-state index contributed by atoms with van der Waals surface area (Å²) in [6.45, 7) is 4.99. The number of anilines is 1. The van der Waals surface area contributed by atoms with Gasteiger partial charge in [0.25, 0.3) is 5.91 Å². The summed E-state index contributed by atoms with van der Waals surface area (Å²) in [6.07, 6.45) is 3.02. The van der Waals surface area contributed by atoms with Crippen molar-refractivity contribution in [2.45, 2.75) is 57.3 Å². The molecule has 4 heterocycles. The highest BCUT2D eigenvalue weighted by Gasteiger charge is 2.39. The predicted octanol–water partition coefficient (Wildman–Crippen LogP) is 2.68. The number of para-hydroxylation sites is 1. The smallest absolute Gasteiger partial charge is 0.407 e. The molecule has 11 heteroatoms. The molecule has 2 aromatic carbocycles. The summed E-state index contributed by atoms with van der Waals surface area (Å²) < 4.78 is 6.30. The first-order valence-corrected chi connectivity index (χ1v) is 14.8. The van der Waals surface area contributed by atoms with Crippen molar-refractivity contribution in [3.63, 3.8) is 0 Å². The molecule has 4 aliphatic rings. The molecule has 0 radical (unpaired) electrons. The lowest BCUT2D eigenvalue weighted by Gasteiger charge is -2.38. The van der Waals surface area contributed by atoms with E-state index >= 15 is 0 Å². The summed E-state index contributed by atoms with van der Waals surface area (Å²) >= 11 is 0. The van der Waals surface area contributed by atoms with E-state index < -0.39 is 18.0 Å². The Morgan fingerprint density at radius 3 is 2.57 bits per heavy atom. The van der Waals surface area contributed by atoms with Gasteiger partial charge in [0.05, 0.1) is 0 Å². The number of imide groups is 1. The summed E-state index contributed by atoms with van der Waals surface area (Å²) in [6, 6.07) is 13.5. The van der Waals surface area contributed by atoms with Crippen LogP contribution in [0.1, 0.15) is 53.6 Å². The standard InChI is InChI=1S/C31H37N5O6/c37-28-11-10-27(29(38)32-28)36-19-22-17-24(8-9-25(22)30(36)39)42-20-23-6-3-4-12-35(23)18-21-5-1-2-7-26(21)33-13-15-34(16-14-33)31(40)41/h1-2,5,7-9,17,23,27H,3-4,6,10-16,18-20H2,(H,40,41)(H,32,37,38)/t23-,27?/m1/s1. The number of ether oxygens (including phenoxy) is 1. The lowest BCUT2D eigenvalue weighted by atomic mass is 10.0. The number of benzene rings is 2. The SMILES string of the molecule is O=C1CCC(N2Cc3cc(OC[C@H]4CCCCN4Cc4ccccc4N4CCN(C(=O)O)CC4)ccc3C2=O)C(=O)N1. The summed E-state index contributed by atoms with van der Waals surface area (Å²) in [4.78, 5) is 56.1. The van der Waals surface area contributed by atoms with Crippen LogP contribution in [0.4, 0.5) is 10.5 Å². The van der Waals surface area contributed by atoms with E-state index in [1.807, 2.05) is 18.2 Å². The molecule has 222 valence electrons. The van der Waals surface area contributed by atoms with E-state index in [0.29, 0.717) is 57.1 Å². The number of hydrogen-bond acceptors (Lipinski definition) is 7. The number of rotatable bonds is 7. The average molecular weight is 576 g/mol. The van der Waals surface area contributed by atoms with Gasteiger partial charge in [-0.3, -0.25) is 24.6 Å². The van der Waals surface area contributed by atoms with Crippen molar-refractivity contribution in [1.82, 2.24) is 20.0 Å². The van der Waals surface area contributed by atoms with Gasteiger partial charge in [-0.05, 0) is 61.2 Å². The molecule has 0 aliphatic carbocycles. The van der Waals surface area contributed by atoms with E-state index in [-0.39, 0.29) is 24.3 Å². The number of amides is 4. The van der Waals surface area contributed by atoms with Crippen molar-refractivity contribution < 1.29 is 29.0 Å². The fourth-order valence-electron chi connectivity index (χ4n) is 6.60. The van der Waals surface area contributed by atoms with Gasteiger partial charge < -0.3 is 24.5 Å². The number of nitrogens with one attached hydrogen (secondary N) is 1. The number of piperidine rings is 2. The highest BCUT2D eigenvalue weighted by atomic mass is 16.5. The number of carbonyl (C=O) groups excluding carboxylic acids is 3. The maximum absolute atomic E-state index is 13.0. The highest BCUT2D eigenvalue weighted by Crippen LogP contribution is 2.31. The molecule has 2 aromatic rings. The maximum Gasteiger partial charge on any atom is 0.407 e. The second-order valence-electron chi connectivity index (χ2n) is 11.5. The van der Waals surface area contributed by atoms with Gasteiger partial charge in [-0.2, -0.15) is 0 Å². The average Bonchev–Trinajstić information content (AvgIpc) is 3.32. The Kier molecular flexibility index (Phi) is 8.01. The minimum Gasteiger partial charge on any atom is -0.492 e. The van der Waals surface area contributed by atoms with Crippen molar-refractivity contribution in [3.05, 3.63) is 59.2 Å². The molecule has 42 heavy (non-hydrogen) atoms. The second kappa shape index (κ2) is 12.0. The Labute approximate surface area is 245 Å². The lowest BCUT2D eigenvalue weighted by molar-refractivity contribution is -0.136. The van der Waals surface area contributed by atoms with E-state index in [4.69, 9.17) is 4.74 Å². The fourth-order valence-corrected chi connectivity index (χ4v) is 6.60. The molecule has 0 saturated carbocycles. The van der Waals surface area contributed by atoms with Gasteiger partial charge >= 0.3 is 6.09 Å². The van der Waals surface area contributed by atoms with Crippen LogP contribution in [0.25, 0.3) is 0 Å². The zero-order chi connectivity index (χ0) is 29.2. The normalized spacial score (nSPS) is 23.1. The van der Waals surface area contributed by atoms with Crippen LogP contribution >= 0.6 is 0 Å². The Bertz CT molecular complexity index is 1370. The molecule has 11 nitrogen and oxygen atoms in total. The highest BCUT2D eigenvalue weighted by molar-refractivity contribution is 6.05. The van der Waals surface area contributed by atoms with Crippen LogP contribution in [-0.2, 0) is 22.7 Å². The Morgan fingerprint density at radius 1 is 0.976 bits per heavy atom. The summed E-state index contributed by atoms with van der Waals surface area (Å²) in [5, 5.41) is 11.7. The molecule has 0 spiro atoms. The molecule has 4 aliphatic heterocycles. The number of likely N-dealkylation sites (tertiary alicyclic amines) is 1. The van der Waals surface area contributed by atoms with E-state index in [2.05, 4.69) is 33.3 Å². The van der Waals surface area contributed by atoms with Gasteiger partial charge in [-0.1, -0.05) is 24.6 Å². The van der Waals surface area contributed by atoms with Crippen LogP contribution in [0.2, 0.25) is 0 Å². The minimum absolute atomic E-state index is 0.187. The molecule has 0 bridgehead atoms. The molecular formula is C31H37N5O6. The number of carbonyl (C=O) groups is 4. The first-order valence-electron chi connectivity index (χ1n) is 14.8. The lowest BCUT2D eigenvalue weighted by Crippen LogP contribution is -2.52. The molecule has 2 N–H and O–H groups in total. The van der Waals surface area contributed by atoms with E-state index in [9.17, 15) is 24.3 Å². The third-order valence-corrected chi connectivity index (χ3v) is 8.94. The van der Waals surface area contributed by atoms with E-state index in [1.165, 1.54) is 10.5 Å². The van der Waals surface area contributed by atoms with Crippen molar-refractivity contribution in [2.24, 2.45) is 0 Å². The molecular weight excluding hydrogens is 538 g/mol. The Morgan fingerprint density at radius 2 is 1.79 bits per heavy atom. The molecule has 3 fully saturated rings. The third-order valence-electron chi connectivity index (χ3n) is 8.94. The molecule has 0 aromatic heterocycles. The predicted molar refractivity (Wildman–Crippen MR) is 154 cm³/mol. The van der Waals surface area contributed by atoms with Gasteiger partial charge in [-0.25, -0.2) is 4.79 Å². The Balaban J connectivity index is 1.09. The first kappa shape index (κ1) is 28.0. The summed E-state index contributed by atoms with van der Waals surface area (Å²) in [5.74, 6) is -0.193. The maximum atomic E-state index is 13.0. The van der Waals surface area contributed by atoms with Crippen molar-refractivity contribution in [3.8, 4) is 5.75 Å². The molecule has 1 unspecified atom stereocenters. The van der Waals surface area contributed by atoms with E-state index in [0.717, 1.165) is 43.6 Å². The van der Waals surface area contributed by atoms with Crippen molar-refractivity contribution in [1.29, 1.82) is 0 Å². The minimum atomic E-state index is -0.860. The molecule has 6 rings (SSSR count). The van der Waals surface area contributed by atoms with Crippen molar-refractivity contribution >= 4 is 29.5 Å². The van der Waals surface area contributed by atoms with Gasteiger partial charge in [0, 0.05) is 63.0 Å². The first-order chi connectivity index (χ1) is 20.4. The monoisotopic (exact) mass is 575 g/mol. The quantitative estimate of drug-likeness (QED) is 0.484. The molecule has 4 amide bonds. The second-order valence-corrected chi connectivity index (χ2v) is 11.5. The van der Waals surface area contributed by atoms with Crippen LogP contribution < -0.4 is 15.0 Å². The topological polar surface area (TPSA) is 123 Å². The number of fused-ring (bicyclic) bond motifs is 1. The third kappa shape index (κ3) is 5.78. The van der Waals surface area contributed by atoms with Crippen molar-refractivity contribution in [2.75, 3.05) is 44.2 Å². The number of carboxylic acid groups (broad SMARTS) is 1.